The zero-order chi connectivity index (χ0) is 17.3. The lowest BCUT2D eigenvalue weighted by molar-refractivity contribution is 0.0949. The molecule has 0 saturated heterocycles. The highest BCUT2D eigenvalue weighted by Gasteiger charge is 2.25. The molecule has 0 bridgehead atoms. The lowest BCUT2D eigenvalue weighted by atomic mass is 10.1. The number of hydrogen-bond acceptors (Lipinski definition) is 2. The first-order chi connectivity index (χ1) is 11.4. The Morgan fingerprint density at radius 2 is 1.75 bits per heavy atom. The molecule has 0 atom stereocenters. The zero-order valence-corrected chi connectivity index (χ0v) is 13.9. The molecule has 0 radical (unpaired) electrons. The van der Waals surface area contributed by atoms with Crippen molar-refractivity contribution in [3.8, 4) is 0 Å². The Balaban J connectivity index is 1.79. The van der Waals surface area contributed by atoms with Gasteiger partial charge in [0.1, 0.15) is 5.82 Å². The molecule has 124 valence electrons. The molecule has 7 heteroatoms. The monoisotopic (exact) mass is 366 g/mol. The molecule has 1 aliphatic rings. The number of carbonyl (C=O) groups excluding carboxylic acids is 2. The Morgan fingerprint density at radius 3 is 2.42 bits per heavy atom. The van der Waals surface area contributed by atoms with Crippen molar-refractivity contribution in [3.05, 3.63) is 63.4 Å². The van der Waals surface area contributed by atoms with Crippen LogP contribution in [0.15, 0.2) is 36.4 Å². The molecule has 24 heavy (non-hydrogen) atoms. The van der Waals surface area contributed by atoms with Gasteiger partial charge in [0, 0.05) is 16.8 Å². The largest absolute Gasteiger partial charge is 0.349 e. The van der Waals surface area contributed by atoms with Gasteiger partial charge in [0.25, 0.3) is 11.8 Å². The van der Waals surface area contributed by atoms with Crippen molar-refractivity contribution in [3.63, 3.8) is 0 Å². The fourth-order valence-corrected chi connectivity index (χ4v) is 2.50. The standard InChI is InChI=1S/C17H13Cl2FN2O2/c18-9-1-5-12(15(20)7-9)16(23)22-11-4-6-14(19)13(8-11)17(24)21-10-2-3-10/h1,4-8,10H,2-3H2,(H,21,24)(H,22,23). The van der Waals surface area contributed by atoms with Gasteiger partial charge >= 0.3 is 0 Å². The van der Waals surface area contributed by atoms with Crippen molar-refractivity contribution in [1.82, 2.24) is 5.32 Å². The minimum Gasteiger partial charge on any atom is -0.349 e. The van der Waals surface area contributed by atoms with E-state index >= 15 is 0 Å². The predicted molar refractivity (Wildman–Crippen MR) is 91.3 cm³/mol. The van der Waals surface area contributed by atoms with E-state index in [1.807, 2.05) is 0 Å². The summed E-state index contributed by atoms with van der Waals surface area (Å²) in [5.41, 5.74) is 0.468. The summed E-state index contributed by atoms with van der Waals surface area (Å²) in [6.07, 6.45) is 1.91. The van der Waals surface area contributed by atoms with Gasteiger partial charge in [-0.25, -0.2) is 4.39 Å². The molecule has 0 aliphatic heterocycles. The third kappa shape index (κ3) is 3.86. The second kappa shape index (κ2) is 6.79. The third-order valence-corrected chi connectivity index (χ3v) is 4.12. The van der Waals surface area contributed by atoms with Crippen LogP contribution in [0.2, 0.25) is 10.0 Å². The number of benzene rings is 2. The molecule has 3 rings (SSSR count). The molecule has 0 unspecified atom stereocenters. The van der Waals surface area contributed by atoms with Crippen LogP contribution in [0.1, 0.15) is 33.6 Å². The molecule has 1 fully saturated rings. The summed E-state index contributed by atoms with van der Waals surface area (Å²) < 4.78 is 13.8. The molecule has 0 spiro atoms. The number of halogens is 3. The van der Waals surface area contributed by atoms with Crippen LogP contribution in [0.3, 0.4) is 0 Å². The quantitative estimate of drug-likeness (QED) is 0.848. The normalized spacial score (nSPS) is 13.5. The molecule has 2 aromatic carbocycles. The second-order valence-corrected chi connectivity index (χ2v) is 6.36. The maximum Gasteiger partial charge on any atom is 0.258 e. The Morgan fingerprint density at radius 1 is 1.00 bits per heavy atom. The summed E-state index contributed by atoms with van der Waals surface area (Å²) in [6, 6.07) is 8.49. The highest BCUT2D eigenvalue weighted by molar-refractivity contribution is 6.34. The van der Waals surface area contributed by atoms with Gasteiger partial charge in [-0.1, -0.05) is 23.2 Å². The van der Waals surface area contributed by atoms with Gasteiger partial charge in [-0.2, -0.15) is 0 Å². The maximum atomic E-state index is 13.8. The summed E-state index contributed by atoms with van der Waals surface area (Å²) in [4.78, 5) is 24.3. The molecule has 1 aliphatic carbocycles. The van der Waals surface area contributed by atoms with E-state index in [1.54, 1.807) is 6.07 Å². The van der Waals surface area contributed by atoms with Crippen molar-refractivity contribution in [2.75, 3.05) is 5.32 Å². The van der Waals surface area contributed by atoms with Crippen molar-refractivity contribution < 1.29 is 14.0 Å². The molecular weight excluding hydrogens is 354 g/mol. The van der Waals surface area contributed by atoms with Gasteiger partial charge in [0.15, 0.2) is 0 Å². The number of amides is 2. The highest BCUT2D eigenvalue weighted by atomic mass is 35.5. The minimum atomic E-state index is -0.722. The van der Waals surface area contributed by atoms with E-state index < -0.39 is 11.7 Å². The van der Waals surface area contributed by atoms with Crippen molar-refractivity contribution in [2.45, 2.75) is 18.9 Å². The number of anilines is 1. The van der Waals surface area contributed by atoms with Crippen LogP contribution < -0.4 is 10.6 Å². The smallest absolute Gasteiger partial charge is 0.258 e. The van der Waals surface area contributed by atoms with E-state index in [0.717, 1.165) is 18.9 Å². The topological polar surface area (TPSA) is 58.2 Å². The number of carbonyl (C=O) groups is 2. The number of rotatable bonds is 4. The highest BCUT2D eigenvalue weighted by Crippen LogP contribution is 2.24. The average Bonchev–Trinajstić information content (AvgIpc) is 3.32. The molecular formula is C17H13Cl2FN2O2. The maximum absolute atomic E-state index is 13.8. The van der Waals surface area contributed by atoms with E-state index in [0.29, 0.717) is 5.69 Å². The van der Waals surface area contributed by atoms with Crippen LogP contribution in [0.5, 0.6) is 0 Å². The zero-order valence-electron chi connectivity index (χ0n) is 12.4. The average molecular weight is 367 g/mol. The summed E-state index contributed by atoms with van der Waals surface area (Å²) in [7, 11) is 0. The van der Waals surface area contributed by atoms with Crippen LogP contribution in [-0.2, 0) is 0 Å². The molecule has 2 amide bonds. The van der Waals surface area contributed by atoms with E-state index in [4.69, 9.17) is 23.2 Å². The van der Waals surface area contributed by atoms with E-state index in [-0.39, 0.29) is 33.1 Å². The van der Waals surface area contributed by atoms with Gasteiger partial charge in [0.05, 0.1) is 16.1 Å². The number of hydrogen-bond donors (Lipinski definition) is 2. The first-order valence-electron chi connectivity index (χ1n) is 7.31. The van der Waals surface area contributed by atoms with Crippen LogP contribution in [0, 0.1) is 5.82 Å². The van der Waals surface area contributed by atoms with Gasteiger partial charge in [-0.3, -0.25) is 9.59 Å². The third-order valence-electron chi connectivity index (χ3n) is 3.56. The minimum absolute atomic E-state index is 0.140. The van der Waals surface area contributed by atoms with E-state index in [1.165, 1.54) is 24.3 Å². The summed E-state index contributed by atoms with van der Waals surface area (Å²) in [5, 5.41) is 5.86. The first kappa shape index (κ1) is 16.7. The summed E-state index contributed by atoms with van der Waals surface area (Å²) >= 11 is 11.7. The van der Waals surface area contributed by atoms with Crippen LogP contribution in [0.25, 0.3) is 0 Å². The van der Waals surface area contributed by atoms with Crippen LogP contribution in [0.4, 0.5) is 10.1 Å². The fraction of sp³-hybridized carbons (Fsp3) is 0.176. The fourth-order valence-electron chi connectivity index (χ4n) is 2.14. The van der Waals surface area contributed by atoms with Crippen LogP contribution in [-0.4, -0.2) is 17.9 Å². The molecule has 1 saturated carbocycles. The van der Waals surface area contributed by atoms with Gasteiger partial charge in [-0.15, -0.1) is 0 Å². The first-order valence-corrected chi connectivity index (χ1v) is 8.06. The Hall–Kier alpha value is -2.11. The summed E-state index contributed by atoms with van der Waals surface area (Å²) in [6.45, 7) is 0. The molecule has 4 nitrogen and oxygen atoms in total. The summed E-state index contributed by atoms with van der Waals surface area (Å²) in [5.74, 6) is -1.66. The lowest BCUT2D eigenvalue weighted by Crippen LogP contribution is -2.25. The number of nitrogens with one attached hydrogen (secondary N) is 2. The lowest BCUT2D eigenvalue weighted by Gasteiger charge is -2.10. The van der Waals surface area contributed by atoms with Crippen molar-refractivity contribution >= 4 is 40.7 Å². The molecule has 0 heterocycles. The van der Waals surface area contributed by atoms with Gasteiger partial charge < -0.3 is 10.6 Å². The van der Waals surface area contributed by atoms with Crippen LogP contribution >= 0.6 is 23.2 Å². The SMILES string of the molecule is O=C(Nc1ccc(Cl)c(C(=O)NC2CC2)c1)c1ccc(Cl)cc1F. The Labute approximate surface area is 148 Å². The van der Waals surface area contributed by atoms with Gasteiger partial charge in [-0.05, 0) is 49.2 Å². The second-order valence-electron chi connectivity index (χ2n) is 5.52. The van der Waals surface area contributed by atoms with Crippen molar-refractivity contribution in [1.29, 1.82) is 0 Å². The van der Waals surface area contributed by atoms with Gasteiger partial charge in [0.2, 0.25) is 0 Å². The van der Waals surface area contributed by atoms with E-state index in [9.17, 15) is 14.0 Å². The Bertz CT molecular complexity index is 822. The molecule has 0 aromatic heterocycles. The van der Waals surface area contributed by atoms with Crippen molar-refractivity contribution in [2.24, 2.45) is 0 Å². The molecule has 2 aromatic rings. The molecule has 2 N–H and O–H groups in total. The Kier molecular flexibility index (Phi) is 4.73. The van der Waals surface area contributed by atoms with E-state index in [2.05, 4.69) is 10.6 Å². The predicted octanol–water partition coefficient (Wildman–Crippen LogP) is 4.28.